The first kappa shape index (κ1) is 24.4. The van der Waals surface area contributed by atoms with Gasteiger partial charge in [0.2, 0.25) is 17.7 Å². The topological polar surface area (TPSA) is 126 Å². The highest BCUT2D eigenvalue weighted by Gasteiger charge is 2.50. The van der Waals surface area contributed by atoms with Gasteiger partial charge in [-0.15, -0.1) is 0 Å². The van der Waals surface area contributed by atoms with Crippen LogP contribution >= 0.6 is 0 Å². The molecule has 4 atom stereocenters. The van der Waals surface area contributed by atoms with Crippen molar-refractivity contribution in [2.45, 2.75) is 49.9 Å². The van der Waals surface area contributed by atoms with Gasteiger partial charge >= 0.3 is 0 Å². The van der Waals surface area contributed by atoms with E-state index >= 15 is 0 Å². The van der Waals surface area contributed by atoms with Crippen molar-refractivity contribution in [3.63, 3.8) is 0 Å². The Morgan fingerprint density at radius 1 is 1.03 bits per heavy atom. The van der Waals surface area contributed by atoms with Gasteiger partial charge in [-0.1, -0.05) is 42.5 Å². The highest BCUT2D eigenvalue weighted by atomic mass is 16.6. The van der Waals surface area contributed by atoms with Crippen LogP contribution in [0.3, 0.4) is 0 Å². The van der Waals surface area contributed by atoms with E-state index in [9.17, 15) is 19.2 Å². The minimum Gasteiger partial charge on any atom is -0.497 e. The molecule has 3 amide bonds. The molecule has 2 saturated heterocycles. The summed E-state index contributed by atoms with van der Waals surface area (Å²) >= 11 is 0. The Morgan fingerprint density at radius 2 is 1.63 bits per heavy atom. The number of carbonyl (C=O) groups excluding carboxylic acids is 4. The molecule has 0 spiro atoms. The van der Waals surface area contributed by atoms with Gasteiger partial charge in [0, 0.05) is 6.42 Å². The van der Waals surface area contributed by atoms with E-state index < -0.39 is 35.5 Å². The Balaban J connectivity index is 1.52. The third-order valence-electron chi connectivity index (χ3n) is 6.29. The normalized spacial score (nSPS) is 22.1. The fourth-order valence-corrected chi connectivity index (χ4v) is 3.95. The summed E-state index contributed by atoms with van der Waals surface area (Å²) in [7, 11) is 1.56. The van der Waals surface area contributed by atoms with Crippen LogP contribution in [0.1, 0.15) is 24.5 Å². The molecule has 35 heavy (non-hydrogen) atoms. The molecule has 0 aliphatic carbocycles. The molecule has 184 valence electrons. The Labute approximate surface area is 203 Å². The summed E-state index contributed by atoms with van der Waals surface area (Å²) in [5.41, 5.74) is 0.771. The van der Waals surface area contributed by atoms with Gasteiger partial charge in [-0.25, -0.2) is 0 Å². The molecule has 2 aromatic rings. The molecule has 2 aromatic carbocycles. The van der Waals surface area contributed by atoms with Crippen molar-refractivity contribution in [2.75, 3.05) is 13.7 Å². The smallest absolute Gasteiger partial charge is 0.243 e. The zero-order valence-electron chi connectivity index (χ0n) is 19.7. The number of β-lactam (4-membered cyclic amide) rings is 1. The van der Waals surface area contributed by atoms with Crippen LogP contribution in [-0.2, 0) is 36.8 Å². The fraction of sp³-hybridized carbons (Fsp3) is 0.385. The minimum absolute atomic E-state index is 0.0769. The molecule has 0 bridgehead atoms. The Hall–Kier alpha value is -3.72. The van der Waals surface area contributed by atoms with Crippen LogP contribution in [0.5, 0.6) is 5.75 Å². The summed E-state index contributed by atoms with van der Waals surface area (Å²) in [5.74, 6) is -0.690. The Morgan fingerprint density at radius 3 is 2.20 bits per heavy atom. The van der Waals surface area contributed by atoms with Crippen LogP contribution in [0.25, 0.3) is 0 Å². The monoisotopic (exact) mass is 479 g/mol. The number of epoxide rings is 1. The maximum atomic E-state index is 13.4. The predicted molar refractivity (Wildman–Crippen MR) is 127 cm³/mol. The SMILES string of the molecule is COc1ccc(C[C@H](NC(=O)[C@H]2CC(=O)N2)C(=O)N[C@@H](Cc2ccccc2)C(=O)[C@]2(C)CO2)cc1. The van der Waals surface area contributed by atoms with Gasteiger partial charge < -0.3 is 25.4 Å². The fourth-order valence-electron chi connectivity index (χ4n) is 3.95. The standard InChI is InChI=1S/C26H29N3O6/c1-26(15-35-26)23(31)19(12-16-6-4-3-5-7-16)28-24(32)20(29-25(33)21-14-22(30)27-21)13-17-8-10-18(34-2)11-9-17/h3-11,19-21H,12-15H2,1-2H3,(H,27,30)(H,28,32)(H,29,33)/t19-,20-,21+,26-/m0/s1. The van der Waals surface area contributed by atoms with Gasteiger partial charge in [0.1, 0.15) is 23.4 Å². The number of hydrogen-bond acceptors (Lipinski definition) is 6. The van der Waals surface area contributed by atoms with Crippen LogP contribution in [0.4, 0.5) is 0 Å². The van der Waals surface area contributed by atoms with Crippen molar-refractivity contribution < 1.29 is 28.7 Å². The predicted octanol–water partition coefficient (Wildman–Crippen LogP) is 0.697. The molecule has 9 heteroatoms. The Bertz CT molecular complexity index is 1090. The molecular formula is C26H29N3O6. The molecule has 3 N–H and O–H groups in total. The quantitative estimate of drug-likeness (QED) is 0.322. The zero-order chi connectivity index (χ0) is 25.0. The van der Waals surface area contributed by atoms with Crippen molar-refractivity contribution in [3.05, 3.63) is 65.7 Å². The van der Waals surface area contributed by atoms with E-state index in [1.807, 2.05) is 42.5 Å². The van der Waals surface area contributed by atoms with Gasteiger partial charge in [-0.3, -0.25) is 19.2 Å². The van der Waals surface area contributed by atoms with E-state index in [1.165, 1.54) is 0 Å². The van der Waals surface area contributed by atoms with E-state index in [0.717, 1.165) is 11.1 Å². The lowest BCUT2D eigenvalue weighted by Crippen LogP contribution is -2.61. The van der Waals surface area contributed by atoms with Gasteiger partial charge in [-0.2, -0.15) is 0 Å². The third kappa shape index (κ3) is 6.05. The number of rotatable bonds is 11. The molecule has 2 fully saturated rings. The number of hydrogen-bond donors (Lipinski definition) is 3. The number of ether oxygens (including phenoxy) is 2. The summed E-state index contributed by atoms with van der Waals surface area (Å²) in [5, 5.41) is 8.10. The maximum absolute atomic E-state index is 13.4. The molecule has 9 nitrogen and oxygen atoms in total. The number of ketones is 1. The van der Waals surface area contributed by atoms with Crippen molar-refractivity contribution in [3.8, 4) is 5.75 Å². The first-order valence-electron chi connectivity index (χ1n) is 11.5. The highest BCUT2D eigenvalue weighted by Crippen LogP contribution is 2.29. The second kappa shape index (κ2) is 10.3. The van der Waals surface area contributed by atoms with E-state index in [2.05, 4.69) is 16.0 Å². The third-order valence-corrected chi connectivity index (χ3v) is 6.29. The Kier molecular flexibility index (Phi) is 7.16. The highest BCUT2D eigenvalue weighted by molar-refractivity contribution is 6.00. The molecule has 0 aromatic heterocycles. The van der Waals surface area contributed by atoms with Crippen molar-refractivity contribution in [1.82, 2.24) is 16.0 Å². The van der Waals surface area contributed by atoms with Gasteiger partial charge in [0.15, 0.2) is 5.78 Å². The first-order chi connectivity index (χ1) is 16.8. The molecule has 0 radical (unpaired) electrons. The average molecular weight is 480 g/mol. The van der Waals surface area contributed by atoms with Crippen LogP contribution in [0.2, 0.25) is 0 Å². The van der Waals surface area contributed by atoms with E-state index in [4.69, 9.17) is 9.47 Å². The van der Waals surface area contributed by atoms with Gasteiger partial charge in [0.05, 0.1) is 26.2 Å². The van der Waals surface area contributed by atoms with Gasteiger partial charge in [0.25, 0.3) is 0 Å². The van der Waals surface area contributed by atoms with Crippen LogP contribution in [-0.4, -0.2) is 60.9 Å². The molecule has 0 saturated carbocycles. The molecule has 4 rings (SSSR count). The summed E-state index contributed by atoms with van der Waals surface area (Å²) in [6, 6.07) is 14.1. The summed E-state index contributed by atoms with van der Waals surface area (Å²) in [4.78, 5) is 50.5. The molecule has 2 heterocycles. The maximum Gasteiger partial charge on any atom is 0.243 e. The minimum atomic E-state index is -0.951. The summed E-state index contributed by atoms with van der Waals surface area (Å²) < 4.78 is 10.5. The summed E-state index contributed by atoms with van der Waals surface area (Å²) in [6.07, 6.45) is 0.571. The van der Waals surface area contributed by atoms with Crippen molar-refractivity contribution in [1.29, 1.82) is 0 Å². The average Bonchev–Trinajstić information content (AvgIpc) is 3.60. The number of nitrogens with one attached hydrogen (secondary N) is 3. The first-order valence-corrected chi connectivity index (χ1v) is 11.5. The zero-order valence-corrected chi connectivity index (χ0v) is 19.7. The second-order valence-corrected chi connectivity index (χ2v) is 9.07. The second-order valence-electron chi connectivity index (χ2n) is 9.07. The largest absolute Gasteiger partial charge is 0.497 e. The number of methoxy groups -OCH3 is 1. The number of Topliss-reactive ketones (excluding diaryl/α,β-unsaturated/α-hetero) is 1. The number of carbonyl (C=O) groups is 4. The van der Waals surface area contributed by atoms with Crippen LogP contribution in [0.15, 0.2) is 54.6 Å². The number of benzene rings is 2. The summed E-state index contributed by atoms with van der Waals surface area (Å²) in [6.45, 7) is 2.01. The lowest BCUT2D eigenvalue weighted by Gasteiger charge is -2.29. The van der Waals surface area contributed by atoms with E-state index in [-0.39, 0.29) is 24.5 Å². The van der Waals surface area contributed by atoms with Crippen molar-refractivity contribution in [2.24, 2.45) is 0 Å². The molecular weight excluding hydrogens is 450 g/mol. The van der Waals surface area contributed by atoms with Crippen LogP contribution < -0.4 is 20.7 Å². The molecule has 2 aliphatic rings. The lowest BCUT2D eigenvalue weighted by molar-refractivity contribution is -0.139. The molecule has 2 aliphatic heterocycles. The van der Waals surface area contributed by atoms with E-state index in [0.29, 0.717) is 18.8 Å². The molecule has 0 unspecified atom stereocenters. The van der Waals surface area contributed by atoms with E-state index in [1.54, 1.807) is 26.2 Å². The number of amides is 3. The lowest BCUT2D eigenvalue weighted by atomic mass is 9.94. The van der Waals surface area contributed by atoms with Crippen molar-refractivity contribution >= 4 is 23.5 Å². The van der Waals surface area contributed by atoms with Crippen LogP contribution in [0, 0.1) is 0 Å². The van der Waals surface area contributed by atoms with Gasteiger partial charge in [-0.05, 0) is 36.6 Å².